The molecule has 2 N–H and O–H groups in total. The van der Waals surface area contributed by atoms with E-state index in [1.807, 2.05) is 49.5 Å². The summed E-state index contributed by atoms with van der Waals surface area (Å²) in [6.07, 6.45) is 6.30. The van der Waals surface area contributed by atoms with Crippen LogP contribution < -0.4 is 10.6 Å². The topological polar surface area (TPSA) is 54.0 Å². The van der Waals surface area contributed by atoms with Crippen molar-refractivity contribution < 1.29 is 9.18 Å². The minimum Gasteiger partial charge on any atom is -0.381 e. The van der Waals surface area contributed by atoms with E-state index in [2.05, 4.69) is 15.6 Å². The predicted molar refractivity (Wildman–Crippen MR) is 115 cm³/mol. The molecule has 0 radical (unpaired) electrons. The van der Waals surface area contributed by atoms with Crippen LogP contribution >= 0.6 is 11.6 Å². The zero-order chi connectivity index (χ0) is 20.6. The molecule has 3 rings (SSSR count). The number of halogens is 2. The Bertz CT molecular complexity index is 1010. The molecule has 148 valence electrons. The van der Waals surface area contributed by atoms with E-state index < -0.39 is 5.82 Å². The number of aromatic nitrogens is 1. The SMILES string of the molecule is C[C@H](NC(=O)C=Cc1ccc(Cl)cc1F)c1cccc(NCc2cccnc2)c1. The van der Waals surface area contributed by atoms with Gasteiger partial charge in [0.25, 0.3) is 0 Å². The van der Waals surface area contributed by atoms with Crippen LogP contribution in [0.4, 0.5) is 10.1 Å². The molecule has 3 aromatic rings. The molecule has 0 fully saturated rings. The van der Waals surface area contributed by atoms with Crippen LogP contribution in [0.15, 0.2) is 73.1 Å². The lowest BCUT2D eigenvalue weighted by atomic mass is 10.1. The highest BCUT2D eigenvalue weighted by Crippen LogP contribution is 2.19. The van der Waals surface area contributed by atoms with Crippen molar-refractivity contribution in [3.63, 3.8) is 0 Å². The zero-order valence-corrected chi connectivity index (χ0v) is 16.7. The van der Waals surface area contributed by atoms with Gasteiger partial charge in [-0.25, -0.2) is 4.39 Å². The Labute approximate surface area is 174 Å². The molecule has 1 heterocycles. The number of amides is 1. The van der Waals surface area contributed by atoms with Gasteiger partial charge in [-0.2, -0.15) is 0 Å². The third-order valence-corrected chi connectivity index (χ3v) is 4.58. The molecule has 29 heavy (non-hydrogen) atoms. The quantitative estimate of drug-likeness (QED) is 0.515. The highest BCUT2D eigenvalue weighted by atomic mass is 35.5. The number of anilines is 1. The largest absolute Gasteiger partial charge is 0.381 e. The summed E-state index contributed by atoms with van der Waals surface area (Å²) in [5.41, 5.74) is 3.30. The van der Waals surface area contributed by atoms with E-state index in [-0.39, 0.29) is 11.9 Å². The molecule has 0 unspecified atom stereocenters. The third kappa shape index (κ3) is 6.16. The number of benzene rings is 2. The van der Waals surface area contributed by atoms with Gasteiger partial charge in [0.1, 0.15) is 5.82 Å². The average Bonchev–Trinajstić information content (AvgIpc) is 2.72. The van der Waals surface area contributed by atoms with Gasteiger partial charge in [-0.15, -0.1) is 0 Å². The summed E-state index contributed by atoms with van der Waals surface area (Å²) in [5.74, 6) is -0.775. The van der Waals surface area contributed by atoms with Crippen molar-refractivity contribution >= 4 is 29.3 Å². The maximum absolute atomic E-state index is 13.8. The second kappa shape index (κ2) is 9.85. The van der Waals surface area contributed by atoms with Gasteiger partial charge in [-0.3, -0.25) is 9.78 Å². The fourth-order valence-corrected chi connectivity index (χ4v) is 2.93. The molecule has 6 heteroatoms. The highest BCUT2D eigenvalue weighted by molar-refractivity contribution is 6.30. The lowest BCUT2D eigenvalue weighted by molar-refractivity contribution is -0.117. The van der Waals surface area contributed by atoms with E-state index >= 15 is 0 Å². The molecular formula is C23H21ClFN3O. The van der Waals surface area contributed by atoms with Crippen LogP contribution in [0.2, 0.25) is 5.02 Å². The number of carbonyl (C=O) groups is 1. The van der Waals surface area contributed by atoms with Crippen molar-refractivity contribution in [2.45, 2.75) is 19.5 Å². The summed E-state index contributed by atoms with van der Waals surface area (Å²) >= 11 is 5.73. The molecule has 1 atom stereocenters. The molecule has 0 saturated carbocycles. The summed E-state index contributed by atoms with van der Waals surface area (Å²) < 4.78 is 13.8. The van der Waals surface area contributed by atoms with Crippen LogP contribution in [0, 0.1) is 5.82 Å². The van der Waals surface area contributed by atoms with E-state index in [0.29, 0.717) is 17.1 Å². The van der Waals surface area contributed by atoms with Crippen LogP contribution in [0.5, 0.6) is 0 Å². The minimum atomic E-state index is -0.470. The van der Waals surface area contributed by atoms with Crippen LogP contribution in [-0.4, -0.2) is 10.9 Å². The Morgan fingerprint density at radius 1 is 1.21 bits per heavy atom. The number of pyridine rings is 1. The molecule has 0 aliphatic rings. The molecule has 0 saturated heterocycles. The van der Waals surface area contributed by atoms with Gasteiger partial charge < -0.3 is 10.6 Å². The van der Waals surface area contributed by atoms with Gasteiger partial charge >= 0.3 is 0 Å². The molecule has 1 amide bonds. The standard InChI is InChI=1S/C23H21ClFN3O/c1-16(28-23(29)10-8-18-7-9-20(24)13-22(18)25)19-5-2-6-21(12-19)27-15-17-4-3-11-26-14-17/h2-14,16,27H,15H2,1H3,(H,28,29)/t16-/m0/s1. The first-order valence-electron chi connectivity index (χ1n) is 9.17. The van der Waals surface area contributed by atoms with Gasteiger partial charge in [0.2, 0.25) is 5.91 Å². The van der Waals surface area contributed by atoms with Crippen molar-refractivity contribution in [3.8, 4) is 0 Å². The van der Waals surface area contributed by atoms with Gasteiger partial charge in [0.05, 0.1) is 6.04 Å². The van der Waals surface area contributed by atoms with Crippen molar-refractivity contribution in [2.24, 2.45) is 0 Å². The number of nitrogens with zero attached hydrogens (tertiary/aromatic N) is 1. The summed E-state index contributed by atoms with van der Waals surface area (Å²) in [7, 11) is 0. The summed E-state index contributed by atoms with van der Waals surface area (Å²) in [5, 5.41) is 6.55. The fourth-order valence-electron chi connectivity index (χ4n) is 2.77. The molecule has 0 aliphatic carbocycles. The second-order valence-corrected chi connectivity index (χ2v) is 7.01. The maximum Gasteiger partial charge on any atom is 0.244 e. The number of carbonyl (C=O) groups excluding carboxylic acids is 1. The van der Waals surface area contributed by atoms with E-state index in [1.54, 1.807) is 12.3 Å². The average molecular weight is 410 g/mol. The van der Waals surface area contributed by atoms with Crippen LogP contribution in [0.25, 0.3) is 6.08 Å². The molecular weight excluding hydrogens is 389 g/mol. The van der Waals surface area contributed by atoms with Crippen LogP contribution in [-0.2, 0) is 11.3 Å². The molecule has 4 nitrogen and oxygen atoms in total. The van der Waals surface area contributed by atoms with Gasteiger partial charge in [0, 0.05) is 41.3 Å². The first-order valence-corrected chi connectivity index (χ1v) is 9.55. The lowest BCUT2D eigenvalue weighted by Crippen LogP contribution is -2.24. The van der Waals surface area contributed by atoms with Gasteiger partial charge in [-0.05, 0) is 54.5 Å². The normalized spacial score (nSPS) is 12.0. The summed E-state index contributed by atoms with van der Waals surface area (Å²) in [6, 6.07) is 15.9. The number of hydrogen-bond donors (Lipinski definition) is 2. The third-order valence-electron chi connectivity index (χ3n) is 4.34. The number of nitrogens with one attached hydrogen (secondary N) is 2. The van der Waals surface area contributed by atoms with Crippen LogP contribution in [0.3, 0.4) is 0 Å². The Morgan fingerprint density at radius 2 is 2.07 bits per heavy atom. The number of rotatable bonds is 7. The summed E-state index contributed by atoms with van der Waals surface area (Å²) in [6.45, 7) is 2.56. The first kappa shape index (κ1) is 20.6. The Hall–Kier alpha value is -3.18. The maximum atomic E-state index is 13.8. The van der Waals surface area contributed by atoms with Gasteiger partial charge in [0.15, 0.2) is 0 Å². The van der Waals surface area contributed by atoms with E-state index in [0.717, 1.165) is 16.8 Å². The molecule has 0 spiro atoms. The monoisotopic (exact) mass is 409 g/mol. The van der Waals surface area contributed by atoms with Crippen LogP contribution in [0.1, 0.15) is 29.7 Å². The zero-order valence-electron chi connectivity index (χ0n) is 15.9. The van der Waals surface area contributed by atoms with Gasteiger partial charge in [-0.1, -0.05) is 35.9 Å². The Balaban J connectivity index is 1.59. The lowest BCUT2D eigenvalue weighted by Gasteiger charge is -2.15. The van der Waals surface area contributed by atoms with Crippen molar-refractivity contribution in [2.75, 3.05) is 5.32 Å². The second-order valence-electron chi connectivity index (χ2n) is 6.57. The predicted octanol–water partition coefficient (Wildman–Crippen LogP) is 5.38. The van der Waals surface area contributed by atoms with E-state index in [1.165, 1.54) is 24.3 Å². The van der Waals surface area contributed by atoms with E-state index in [4.69, 9.17) is 11.6 Å². The molecule has 0 aliphatic heterocycles. The Kier molecular flexibility index (Phi) is 6.98. The molecule has 1 aromatic heterocycles. The van der Waals surface area contributed by atoms with Crippen molar-refractivity contribution in [1.82, 2.24) is 10.3 Å². The van der Waals surface area contributed by atoms with Crippen molar-refractivity contribution in [3.05, 3.63) is 101 Å². The molecule has 0 bridgehead atoms. The summed E-state index contributed by atoms with van der Waals surface area (Å²) in [4.78, 5) is 16.3. The van der Waals surface area contributed by atoms with E-state index in [9.17, 15) is 9.18 Å². The smallest absolute Gasteiger partial charge is 0.244 e. The fraction of sp³-hybridized carbons (Fsp3) is 0.130. The van der Waals surface area contributed by atoms with Crippen molar-refractivity contribution in [1.29, 1.82) is 0 Å². The molecule has 2 aromatic carbocycles. The first-order chi connectivity index (χ1) is 14.0. The Morgan fingerprint density at radius 3 is 2.83 bits per heavy atom. The highest BCUT2D eigenvalue weighted by Gasteiger charge is 2.09. The minimum absolute atomic E-state index is 0.206. The number of hydrogen-bond acceptors (Lipinski definition) is 3.